The molecule has 0 spiro atoms. The molecular weight excluding hydrogens is 310 g/mol. The summed E-state index contributed by atoms with van der Waals surface area (Å²) in [5.74, 6) is -0.797. The number of carbonyl (C=O) groups excluding carboxylic acids is 1. The molecule has 2 aliphatic rings. The molecule has 1 amide bonds. The average Bonchev–Trinajstić information content (AvgIpc) is 3.13. The zero-order valence-electron chi connectivity index (χ0n) is 13.6. The van der Waals surface area contributed by atoms with E-state index in [-0.39, 0.29) is 18.6 Å². The van der Waals surface area contributed by atoms with Crippen LogP contribution in [0.5, 0.6) is 5.75 Å². The van der Waals surface area contributed by atoms with Crippen LogP contribution in [0.1, 0.15) is 36.0 Å². The molecule has 1 N–H and O–H groups in total. The fourth-order valence-corrected chi connectivity index (χ4v) is 3.23. The number of hydrogen-bond donors (Lipinski definition) is 1. The lowest BCUT2D eigenvalue weighted by Crippen LogP contribution is -2.42. The molecule has 6 nitrogen and oxygen atoms in total. The topological polar surface area (TPSA) is 76.1 Å². The van der Waals surface area contributed by atoms with Crippen LogP contribution in [0, 0.1) is 5.92 Å². The first-order valence-corrected chi connectivity index (χ1v) is 8.50. The van der Waals surface area contributed by atoms with Gasteiger partial charge in [0.15, 0.2) is 0 Å². The van der Waals surface area contributed by atoms with Gasteiger partial charge in [-0.25, -0.2) is 0 Å². The molecule has 0 bridgehead atoms. The molecule has 1 unspecified atom stereocenters. The minimum Gasteiger partial charge on any atom is -0.491 e. The molecule has 0 saturated carbocycles. The van der Waals surface area contributed by atoms with Gasteiger partial charge >= 0.3 is 5.97 Å². The van der Waals surface area contributed by atoms with E-state index in [0.29, 0.717) is 30.9 Å². The molecule has 0 aromatic heterocycles. The Labute approximate surface area is 141 Å². The van der Waals surface area contributed by atoms with E-state index in [0.717, 1.165) is 25.9 Å². The summed E-state index contributed by atoms with van der Waals surface area (Å²) in [6, 6.07) is 7.08. The first-order valence-electron chi connectivity index (χ1n) is 8.50. The summed E-state index contributed by atoms with van der Waals surface area (Å²) in [6.07, 6.45) is 3.54. The Morgan fingerprint density at radius 1 is 1.29 bits per heavy atom. The highest BCUT2D eigenvalue weighted by Crippen LogP contribution is 2.21. The van der Waals surface area contributed by atoms with Gasteiger partial charge in [-0.2, -0.15) is 0 Å². The number of amides is 1. The second-order valence-corrected chi connectivity index (χ2v) is 6.40. The van der Waals surface area contributed by atoms with Crippen LogP contribution in [0.4, 0.5) is 0 Å². The van der Waals surface area contributed by atoms with Crippen molar-refractivity contribution in [1.82, 2.24) is 4.90 Å². The lowest BCUT2D eigenvalue weighted by Gasteiger charge is -2.30. The zero-order chi connectivity index (χ0) is 16.9. The largest absolute Gasteiger partial charge is 0.491 e. The van der Waals surface area contributed by atoms with E-state index in [1.165, 1.54) is 0 Å². The third-order valence-corrected chi connectivity index (χ3v) is 4.60. The minimum absolute atomic E-state index is 0.128. The summed E-state index contributed by atoms with van der Waals surface area (Å²) >= 11 is 0. The Morgan fingerprint density at radius 2 is 2.17 bits per heavy atom. The van der Waals surface area contributed by atoms with Crippen LogP contribution in [-0.4, -0.2) is 54.3 Å². The van der Waals surface area contributed by atoms with Gasteiger partial charge in [0.2, 0.25) is 0 Å². The molecule has 130 valence electrons. The summed E-state index contributed by atoms with van der Waals surface area (Å²) < 4.78 is 11.3. The fraction of sp³-hybridized carbons (Fsp3) is 0.556. The second-order valence-electron chi connectivity index (χ2n) is 6.40. The van der Waals surface area contributed by atoms with E-state index in [4.69, 9.17) is 14.6 Å². The van der Waals surface area contributed by atoms with Gasteiger partial charge < -0.3 is 19.5 Å². The second kappa shape index (κ2) is 7.66. The van der Waals surface area contributed by atoms with E-state index in [1.807, 2.05) is 6.07 Å². The molecule has 0 radical (unpaired) electrons. The third kappa shape index (κ3) is 4.06. The standard InChI is InChI=1S/C18H23NO5/c20-17(19-8-2-5-14(11-19)18(21)22)13-4-1-6-15(10-13)24-12-16-7-3-9-23-16/h1,4,6,10,14,16H,2-3,5,7-9,11-12H2,(H,21,22)/t14-,16?/m0/s1. The zero-order valence-corrected chi connectivity index (χ0v) is 13.6. The number of carbonyl (C=O) groups is 2. The predicted molar refractivity (Wildman–Crippen MR) is 87.2 cm³/mol. The number of piperidine rings is 1. The van der Waals surface area contributed by atoms with E-state index in [2.05, 4.69) is 0 Å². The van der Waals surface area contributed by atoms with Gasteiger partial charge in [0, 0.05) is 25.3 Å². The van der Waals surface area contributed by atoms with Crippen molar-refractivity contribution in [3.05, 3.63) is 29.8 Å². The number of likely N-dealkylation sites (tertiary alicyclic amines) is 1. The van der Waals surface area contributed by atoms with Gasteiger partial charge in [0.05, 0.1) is 12.0 Å². The Bertz CT molecular complexity index is 597. The van der Waals surface area contributed by atoms with Gasteiger partial charge in [-0.3, -0.25) is 9.59 Å². The quantitative estimate of drug-likeness (QED) is 0.894. The van der Waals surface area contributed by atoms with E-state index < -0.39 is 11.9 Å². The average molecular weight is 333 g/mol. The molecule has 2 heterocycles. The van der Waals surface area contributed by atoms with E-state index in [1.54, 1.807) is 23.1 Å². The number of ether oxygens (including phenoxy) is 2. The number of aliphatic carboxylic acids is 1. The van der Waals surface area contributed by atoms with Gasteiger partial charge in [-0.1, -0.05) is 6.07 Å². The van der Waals surface area contributed by atoms with Crippen molar-refractivity contribution in [2.24, 2.45) is 5.92 Å². The van der Waals surface area contributed by atoms with Crippen LogP contribution in [0.15, 0.2) is 24.3 Å². The van der Waals surface area contributed by atoms with Gasteiger partial charge in [-0.05, 0) is 43.9 Å². The Kier molecular flexibility index (Phi) is 5.35. The summed E-state index contributed by atoms with van der Waals surface area (Å²) in [5.41, 5.74) is 0.533. The summed E-state index contributed by atoms with van der Waals surface area (Å²) in [4.78, 5) is 25.4. The van der Waals surface area contributed by atoms with Crippen LogP contribution in [-0.2, 0) is 9.53 Å². The Hall–Kier alpha value is -2.08. The van der Waals surface area contributed by atoms with Crippen molar-refractivity contribution in [3.63, 3.8) is 0 Å². The number of benzene rings is 1. The third-order valence-electron chi connectivity index (χ3n) is 4.60. The van der Waals surface area contributed by atoms with Crippen molar-refractivity contribution >= 4 is 11.9 Å². The summed E-state index contributed by atoms with van der Waals surface area (Å²) in [5, 5.41) is 9.16. The normalized spacial score (nSPS) is 23.9. The molecule has 2 saturated heterocycles. The lowest BCUT2D eigenvalue weighted by molar-refractivity contribution is -0.143. The SMILES string of the molecule is O=C(O)[C@H]1CCCN(C(=O)c2cccc(OCC3CCCO3)c2)C1. The number of rotatable bonds is 5. The molecule has 24 heavy (non-hydrogen) atoms. The Morgan fingerprint density at radius 3 is 2.92 bits per heavy atom. The molecule has 2 aliphatic heterocycles. The maximum Gasteiger partial charge on any atom is 0.308 e. The number of carboxylic acid groups (broad SMARTS) is 1. The molecule has 1 aromatic rings. The molecule has 2 atom stereocenters. The highest BCUT2D eigenvalue weighted by Gasteiger charge is 2.28. The molecule has 6 heteroatoms. The molecule has 0 aliphatic carbocycles. The van der Waals surface area contributed by atoms with E-state index >= 15 is 0 Å². The summed E-state index contributed by atoms with van der Waals surface area (Å²) in [7, 11) is 0. The first-order chi connectivity index (χ1) is 11.6. The first kappa shape index (κ1) is 16.8. The molecule has 1 aromatic carbocycles. The molecule has 3 rings (SSSR count). The van der Waals surface area contributed by atoms with E-state index in [9.17, 15) is 9.59 Å². The van der Waals surface area contributed by atoms with Crippen molar-refractivity contribution in [2.45, 2.75) is 31.8 Å². The fourth-order valence-electron chi connectivity index (χ4n) is 3.23. The van der Waals surface area contributed by atoms with Gasteiger partial charge in [0.1, 0.15) is 12.4 Å². The van der Waals surface area contributed by atoms with Crippen LogP contribution < -0.4 is 4.74 Å². The van der Waals surface area contributed by atoms with Crippen molar-refractivity contribution in [1.29, 1.82) is 0 Å². The number of nitrogens with zero attached hydrogens (tertiary/aromatic N) is 1. The smallest absolute Gasteiger partial charge is 0.308 e. The highest BCUT2D eigenvalue weighted by atomic mass is 16.5. The van der Waals surface area contributed by atoms with Crippen molar-refractivity contribution < 1.29 is 24.2 Å². The van der Waals surface area contributed by atoms with Crippen LogP contribution in [0.25, 0.3) is 0 Å². The van der Waals surface area contributed by atoms with Gasteiger partial charge in [-0.15, -0.1) is 0 Å². The summed E-state index contributed by atoms with van der Waals surface area (Å²) in [6.45, 7) is 2.15. The van der Waals surface area contributed by atoms with Crippen LogP contribution in [0.3, 0.4) is 0 Å². The van der Waals surface area contributed by atoms with Crippen LogP contribution in [0.2, 0.25) is 0 Å². The van der Waals surface area contributed by atoms with Gasteiger partial charge in [0.25, 0.3) is 5.91 Å². The monoisotopic (exact) mass is 333 g/mol. The maximum absolute atomic E-state index is 12.6. The predicted octanol–water partition coefficient (Wildman–Crippen LogP) is 2.18. The maximum atomic E-state index is 12.6. The van der Waals surface area contributed by atoms with Crippen molar-refractivity contribution in [3.8, 4) is 5.75 Å². The highest BCUT2D eigenvalue weighted by molar-refractivity contribution is 5.95. The number of hydrogen-bond acceptors (Lipinski definition) is 4. The number of carboxylic acids is 1. The Balaban J connectivity index is 1.61. The molecular formula is C18H23NO5. The van der Waals surface area contributed by atoms with Crippen LogP contribution >= 0.6 is 0 Å². The molecule has 2 fully saturated rings. The lowest BCUT2D eigenvalue weighted by atomic mass is 9.97. The minimum atomic E-state index is -0.832. The van der Waals surface area contributed by atoms with Crippen molar-refractivity contribution in [2.75, 3.05) is 26.3 Å².